The molecule has 7 heteroatoms. The largest absolute Gasteiger partial charge is 0.493 e. The average molecular weight is 499 g/mol. The topological polar surface area (TPSA) is 57.1 Å². The van der Waals surface area contributed by atoms with Gasteiger partial charge in [-0.25, -0.2) is 9.79 Å². The summed E-state index contributed by atoms with van der Waals surface area (Å²) in [4.78, 5) is 16.6. The van der Waals surface area contributed by atoms with Gasteiger partial charge in [0.1, 0.15) is 6.61 Å². The number of ether oxygens (including phenoxy) is 3. The zero-order valence-electron chi connectivity index (χ0n) is 16.5. The van der Waals surface area contributed by atoms with Crippen molar-refractivity contribution in [2.24, 2.45) is 4.99 Å². The third-order valence-electron chi connectivity index (χ3n) is 4.52. The van der Waals surface area contributed by atoms with E-state index >= 15 is 0 Å². The van der Waals surface area contributed by atoms with Crippen molar-refractivity contribution in [2.75, 3.05) is 7.11 Å². The van der Waals surface area contributed by atoms with E-state index in [0.717, 1.165) is 15.6 Å². The van der Waals surface area contributed by atoms with Crippen molar-refractivity contribution in [3.8, 4) is 11.5 Å². The van der Waals surface area contributed by atoms with Crippen molar-refractivity contribution in [3.05, 3.63) is 98.6 Å². The number of methoxy groups -OCH3 is 1. The number of esters is 1. The number of aliphatic imine (C=N–C) groups is 1. The van der Waals surface area contributed by atoms with Crippen LogP contribution in [0.3, 0.4) is 0 Å². The summed E-state index contributed by atoms with van der Waals surface area (Å²) < 4.78 is 17.5. The molecule has 0 spiro atoms. The van der Waals surface area contributed by atoms with Crippen LogP contribution in [-0.4, -0.2) is 19.0 Å². The molecule has 0 aromatic heterocycles. The number of carbonyl (C=O) groups excluding carboxylic acids is 1. The summed E-state index contributed by atoms with van der Waals surface area (Å²) in [6.45, 7) is 0.309. The molecule has 0 unspecified atom stereocenters. The van der Waals surface area contributed by atoms with Gasteiger partial charge < -0.3 is 14.2 Å². The van der Waals surface area contributed by atoms with E-state index in [1.54, 1.807) is 25.3 Å². The highest BCUT2D eigenvalue weighted by Gasteiger charge is 2.24. The molecule has 0 saturated carbocycles. The smallest absolute Gasteiger partial charge is 0.363 e. The Labute approximate surface area is 193 Å². The lowest BCUT2D eigenvalue weighted by atomic mass is 10.1. The zero-order chi connectivity index (χ0) is 21.8. The molecule has 31 heavy (non-hydrogen) atoms. The molecule has 3 aromatic carbocycles. The van der Waals surface area contributed by atoms with Gasteiger partial charge in [-0.1, -0.05) is 57.9 Å². The molecule has 0 bridgehead atoms. The maximum Gasteiger partial charge on any atom is 0.363 e. The molecule has 0 amide bonds. The van der Waals surface area contributed by atoms with Gasteiger partial charge >= 0.3 is 5.97 Å². The summed E-state index contributed by atoms with van der Waals surface area (Å²) >= 11 is 9.59. The third-order valence-corrected chi connectivity index (χ3v) is 5.39. The van der Waals surface area contributed by atoms with Crippen LogP contribution in [0.25, 0.3) is 6.08 Å². The summed E-state index contributed by atoms with van der Waals surface area (Å²) in [7, 11) is 1.56. The first kappa shape index (κ1) is 21.2. The van der Waals surface area contributed by atoms with Crippen LogP contribution >= 0.6 is 27.5 Å². The van der Waals surface area contributed by atoms with E-state index < -0.39 is 5.97 Å². The molecule has 0 fully saturated rings. The molecule has 1 heterocycles. The lowest BCUT2D eigenvalue weighted by molar-refractivity contribution is -0.129. The number of nitrogens with zero attached hydrogens (tertiary/aromatic N) is 1. The molecule has 1 aliphatic heterocycles. The van der Waals surface area contributed by atoms with Crippen LogP contribution < -0.4 is 9.47 Å². The minimum Gasteiger partial charge on any atom is -0.493 e. The predicted octanol–water partition coefficient (Wildman–Crippen LogP) is 6.03. The fraction of sp³-hybridized carbons (Fsp3) is 0.0833. The first-order valence-corrected chi connectivity index (χ1v) is 10.5. The SMILES string of the molecule is COc1cc(/C=C2\N=C(c3cccc(Br)c3)OC2=O)ccc1OCc1ccccc1Cl. The Hall–Kier alpha value is -3.09. The van der Waals surface area contributed by atoms with Crippen LogP contribution in [0, 0.1) is 0 Å². The van der Waals surface area contributed by atoms with Gasteiger partial charge in [-0.15, -0.1) is 0 Å². The van der Waals surface area contributed by atoms with E-state index in [2.05, 4.69) is 20.9 Å². The van der Waals surface area contributed by atoms with Crippen LogP contribution in [0.5, 0.6) is 11.5 Å². The van der Waals surface area contributed by atoms with Crippen molar-refractivity contribution in [1.29, 1.82) is 0 Å². The Kier molecular flexibility index (Phi) is 6.39. The molecular formula is C24H17BrClNO4. The first-order chi connectivity index (χ1) is 15.0. The normalized spacial score (nSPS) is 14.4. The Morgan fingerprint density at radius 3 is 2.68 bits per heavy atom. The number of halogens is 2. The second kappa shape index (κ2) is 9.37. The minimum absolute atomic E-state index is 0.210. The van der Waals surface area contributed by atoms with Gasteiger partial charge in [-0.05, 0) is 48.0 Å². The predicted molar refractivity (Wildman–Crippen MR) is 124 cm³/mol. The Morgan fingerprint density at radius 2 is 1.90 bits per heavy atom. The maximum atomic E-state index is 12.3. The number of benzene rings is 3. The summed E-state index contributed by atoms with van der Waals surface area (Å²) in [6.07, 6.45) is 1.65. The Balaban J connectivity index is 1.55. The summed E-state index contributed by atoms with van der Waals surface area (Å²) in [5.74, 6) is 0.859. The summed E-state index contributed by atoms with van der Waals surface area (Å²) in [5, 5.41) is 0.640. The van der Waals surface area contributed by atoms with Gasteiger partial charge in [0.2, 0.25) is 5.90 Å². The third kappa shape index (κ3) is 4.98. The molecular weight excluding hydrogens is 482 g/mol. The number of rotatable bonds is 6. The molecule has 0 radical (unpaired) electrons. The quantitative estimate of drug-likeness (QED) is 0.307. The van der Waals surface area contributed by atoms with Crippen LogP contribution in [0.1, 0.15) is 16.7 Å². The van der Waals surface area contributed by atoms with E-state index in [9.17, 15) is 4.79 Å². The molecule has 5 nitrogen and oxygen atoms in total. The second-order valence-electron chi connectivity index (χ2n) is 6.64. The lowest BCUT2D eigenvalue weighted by Crippen LogP contribution is -2.05. The number of hydrogen-bond acceptors (Lipinski definition) is 5. The Bertz CT molecular complexity index is 1210. The average Bonchev–Trinajstić information content (AvgIpc) is 3.14. The maximum absolute atomic E-state index is 12.3. The molecule has 0 atom stereocenters. The molecule has 156 valence electrons. The molecule has 4 rings (SSSR count). The zero-order valence-corrected chi connectivity index (χ0v) is 18.8. The van der Waals surface area contributed by atoms with Crippen molar-refractivity contribution in [3.63, 3.8) is 0 Å². The van der Waals surface area contributed by atoms with Crippen molar-refractivity contribution < 1.29 is 19.0 Å². The van der Waals surface area contributed by atoms with E-state index in [1.807, 2.05) is 54.6 Å². The highest BCUT2D eigenvalue weighted by atomic mass is 79.9. The van der Waals surface area contributed by atoms with Crippen LogP contribution in [-0.2, 0) is 16.1 Å². The van der Waals surface area contributed by atoms with E-state index in [1.165, 1.54) is 0 Å². The first-order valence-electron chi connectivity index (χ1n) is 9.36. The summed E-state index contributed by atoms with van der Waals surface area (Å²) in [6, 6.07) is 20.3. The van der Waals surface area contributed by atoms with Crippen LogP contribution in [0.4, 0.5) is 0 Å². The standard InChI is InChI=1S/C24H17BrClNO4/c1-29-22-12-15(9-10-21(22)30-14-17-5-2-3-8-19(17)26)11-20-24(28)31-23(27-20)16-6-4-7-18(25)13-16/h2-13H,14H2,1H3/b20-11-. The van der Waals surface area contributed by atoms with Crippen molar-refractivity contribution >= 4 is 45.5 Å². The lowest BCUT2D eigenvalue weighted by Gasteiger charge is -2.12. The van der Waals surface area contributed by atoms with Gasteiger partial charge in [0.25, 0.3) is 0 Å². The monoisotopic (exact) mass is 497 g/mol. The fourth-order valence-electron chi connectivity index (χ4n) is 2.98. The second-order valence-corrected chi connectivity index (χ2v) is 7.96. The highest BCUT2D eigenvalue weighted by molar-refractivity contribution is 9.10. The van der Waals surface area contributed by atoms with Crippen molar-refractivity contribution in [2.45, 2.75) is 6.61 Å². The van der Waals surface area contributed by atoms with Crippen LogP contribution in [0.2, 0.25) is 5.02 Å². The molecule has 0 saturated heterocycles. The van der Waals surface area contributed by atoms with Gasteiger partial charge in [0, 0.05) is 20.6 Å². The minimum atomic E-state index is -0.506. The van der Waals surface area contributed by atoms with Gasteiger partial charge in [-0.2, -0.15) is 0 Å². The fourth-order valence-corrected chi connectivity index (χ4v) is 3.57. The van der Waals surface area contributed by atoms with Crippen LogP contribution in [0.15, 0.2) is 81.9 Å². The highest BCUT2D eigenvalue weighted by Crippen LogP contribution is 2.31. The molecule has 3 aromatic rings. The summed E-state index contributed by atoms with van der Waals surface area (Å²) in [5.41, 5.74) is 2.53. The van der Waals surface area contributed by atoms with Gasteiger partial charge in [-0.3, -0.25) is 0 Å². The molecule has 1 aliphatic rings. The molecule has 0 aliphatic carbocycles. The Morgan fingerprint density at radius 1 is 1.06 bits per heavy atom. The van der Waals surface area contributed by atoms with E-state index in [4.69, 9.17) is 25.8 Å². The van der Waals surface area contributed by atoms with Crippen molar-refractivity contribution in [1.82, 2.24) is 0 Å². The van der Waals surface area contributed by atoms with Gasteiger partial charge in [0.15, 0.2) is 17.2 Å². The van der Waals surface area contributed by atoms with Gasteiger partial charge in [0.05, 0.1) is 7.11 Å². The number of carbonyl (C=O) groups is 1. The van der Waals surface area contributed by atoms with E-state index in [0.29, 0.717) is 28.7 Å². The number of hydrogen-bond donors (Lipinski definition) is 0. The number of cyclic esters (lactones) is 1. The van der Waals surface area contributed by atoms with E-state index in [-0.39, 0.29) is 11.6 Å². The molecule has 0 N–H and O–H groups in total.